The fraction of sp³-hybridized carbons (Fsp3) is 0.867. The number of carbonyl (C=O) groups excluding carboxylic acids is 2. The molecular weight excluding hydrogens is 240 g/mol. The number of fused-ring (bicyclic) bond motifs is 2. The predicted octanol–water partition coefficient (Wildman–Crippen LogP) is 1.55. The molecule has 0 aromatic heterocycles. The van der Waals surface area contributed by atoms with Crippen LogP contribution in [0.15, 0.2) is 0 Å². The number of rotatable bonds is 3. The zero-order chi connectivity index (χ0) is 13.4. The van der Waals surface area contributed by atoms with Crippen LogP contribution in [0.5, 0.6) is 0 Å². The lowest BCUT2D eigenvalue weighted by Crippen LogP contribution is -2.46. The van der Waals surface area contributed by atoms with Crippen LogP contribution in [-0.4, -0.2) is 35.8 Å². The third kappa shape index (κ3) is 2.49. The highest BCUT2D eigenvalue weighted by atomic mass is 16.2. The molecule has 4 atom stereocenters. The fourth-order valence-corrected chi connectivity index (χ4v) is 4.24. The Hall–Kier alpha value is -1.06. The molecular formula is C15H24N2O2. The van der Waals surface area contributed by atoms with Gasteiger partial charge in [0.15, 0.2) is 0 Å². The van der Waals surface area contributed by atoms with Crippen LogP contribution in [0.2, 0.25) is 0 Å². The van der Waals surface area contributed by atoms with E-state index in [-0.39, 0.29) is 17.9 Å². The second-order valence-corrected chi connectivity index (χ2v) is 6.50. The molecule has 2 aliphatic carbocycles. The molecule has 0 radical (unpaired) electrons. The zero-order valence-corrected chi connectivity index (χ0v) is 11.7. The monoisotopic (exact) mass is 264 g/mol. The number of nitrogens with zero attached hydrogens (tertiary/aromatic N) is 1. The first-order chi connectivity index (χ1) is 9.17. The molecule has 0 aromatic rings. The van der Waals surface area contributed by atoms with Crippen LogP contribution in [0, 0.1) is 17.8 Å². The lowest BCUT2D eigenvalue weighted by molar-refractivity contribution is -0.134. The van der Waals surface area contributed by atoms with Crippen molar-refractivity contribution >= 4 is 11.8 Å². The molecule has 1 heterocycles. The van der Waals surface area contributed by atoms with Crippen LogP contribution in [0.25, 0.3) is 0 Å². The Morgan fingerprint density at radius 1 is 1.26 bits per heavy atom. The SMILES string of the molecule is CCC1NC(=O)CCN(CC2CC3CCC2C3)C1=O. The summed E-state index contributed by atoms with van der Waals surface area (Å²) in [5.41, 5.74) is 0. The van der Waals surface area contributed by atoms with Crippen molar-refractivity contribution in [3.8, 4) is 0 Å². The highest BCUT2D eigenvalue weighted by molar-refractivity contribution is 5.89. The first kappa shape index (κ1) is 12.9. The minimum atomic E-state index is -0.298. The standard InChI is InChI=1S/C15H24N2O2/c1-2-13-15(19)17(6-5-14(18)16-13)9-12-8-10-3-4-11(12)7-10/h10-13H,2-9H2,1H3,(H,16,18). The third-order valence-electron chi connectivity index (χ3n) is 5.30. The first-order valence-corrected chi connectivity index (χ1v) is 7.75. The van der Waals surface area contributed by atoms with E-state index < -0.39 is 0 Å². The average Bonchev–Trinajstić information content (AvgIpc) is 2.98. The van der Waals surface area contributed by atoms with Crippen molar-refractivity contribution in [2.75, 3.05) is 13.1 Å². The van der Waals surface area contributed by atoms with E-state index in [0.717, 1.165) is 18.4 Å². The van der Waals surface area contributed by atoms with Gasteiger partial charge in [0.2, 0.25) is 11.8 Å². The lowest BCUT2D eigenvalue weighted by atomic mass is 9.88. The largest absolute Gasteiger partial charge is 0.344 e. The van der Waals surface area contributed by atoms with Crippen molar-refractivity contribution in [3.05, 3.63) is 0 Å². The number of hydrogen-bond donors (Lipinski definition) is 1. The summed E-state index contributed by atoms with van der Waals surface area (Å²) in [5, 5.41) is 2.84. The topological polar surface area (TPSA) is 49.4 Å². The van der Waals surface area contributed by atoms with Gasteiger partial charge in [0.05, 0.1) is 0 Å². The molecule has 2 amide bonds. The maximum absolute atomic E-state index is 12.4. The van der Waals surface area contributed by atoms with Crippen LogP contribution >= 0.6 is 0 Å². The van der Waals surface area contributed by atoms with E-state index in [0.29, 0.717) is 25.3 Å². The second kappa shape index (κ2) is 5.14. The van der Waals surface area contributed by atoms with Crippen LogP contribution in [-0.2, 0) is 9.59 Å². The molecule has 4 nitrogen and oxygen atoms in total. The summed E-state index contributed by atoms with van der Waals surface area (Å²) in [7, 11) is 0. The van der Waals surface area contributed by atoms with Gasteiger partial charge in [-0.2, -0.15) is 0 Å². The van der Waals surface area contributed by atoms with Crippen LogP contribution in [0.3, 0.4) is 0 Å². The minimum absolute atomic E-state index is 0.0237. The number of hydrogen-bond acceptors (Lipinski definition) is 2. The van der Waals surface area contributed by atoms with E-state index in [1.54, 1.807) is 0 Å². The molecule has 2 bridgehead atoms. The molecule has 2 saturated carbocycles. The molecule has 106 valence electrons. The molecule has 3 rings (SSSR count). The summed E-state index contributed by atoms with van der Waals surface area (Å²) >= 11 is 0. The van der Waals surface area contributed by atoms with Crippen molar-refractivity contribution in [2.24, 2.45) is 17.8 Å². The number of nitrogens with one attached hydrogen (secondary N) is 1. The lowest BCUT2D eigenvalue weighted by Gasteiger charge is -2.30. The zero-order valence-electron chi connectivity index (χ0n) is 11.7. The molecule has 1 saturated heterocycles. The molecule has 19 heavy (non-hydrogen) atoms. The molecule has 4 unspecified atom stereocenters. The van der Waals surface area contributed by atoms with Gasteiger partial charge in [-0.3, -0.25) is 9.59 Å². The van der Waals surface area contributed by atoms with E-state index in [9.17, 15) is 9.59 Å². The number of amides is 2. The maximum Gasteiger partial charge on any atom is 0.245 e. The highest BCUT2D eigenvalue weighted by Crippen LogP contribution is 2.48. The van der Waals surface area contributed by atoms with Crippen LogP contribution in [0.4, 0.5) is 0 Å². The first-order valence-electron chi connectivity index (χ1n) is 7.75. The normalized spacial score (nSPS) is 38.5. The highest BCUT2D eigenvalue weighted by Gasteiger charge is 2.41. The summed E-state index contributed by atoms with van der Waals surface area (Å²) in [4.78, 5) is 26.0. The predicted molar refractivity (Wildman–Crippen MR) is 72.4 cm³/mol. The molecule has 0 aromatic carbocycles. The fourth-order valence-electron chi connectivity index (χ4n) is 4.24. The minimum Gasteiger partial charge on any atom is -0.344 e. The Kier molecular flexibility index (Phi) is 3.50. The van der Waals surface area contributed by atoms with Crippen molar-refractivity contribution in [1.29, 1.82) is 0 Å². The Morgan fingerprint density at radius 2 is 2.11 bits per heavy atom. The Bertz CT molecular complexity index is 382. The third-order valence-corrected chi connectivity index (χ3v) is 5.30. The molecule has 1 N–H and O–H groups in total. The van der Waals surface area contributed by atoms with E-state index in [1.165, 1.54) is 25.7 Å². The maximum atomic E-state index is 12.4. The van der Waals surface area contributed by atoms with Gasteiger partial charge in [-0.05, 0) is 43.4 Å². The molecule has 3 aliphatic rings. The second-order valence-electron chi connectivity index (χ2n) is 6.50. The van der Waals surface area contributed by atoms with Crippen molar-refractivity contribution < 1.29 is 9.59 Å². The summed E-state index contributed by atoms with van der Waals surface area (Å²) in [6.07, 6.45) is 6.58. The quantitative estimate of drug-likeness (QED) is 0.841. The Labute approximate surface area is 114 Å². The van der Waals surface area contributed by atoms with Crippen molar-refractivity contribution in [2.45, 2.75) is 51.5 Å². The van der Waals surface area contributed by atoms with Crippen LogP contribution < -0.4 is 5.32 Å². The van der Waals surface area contributed by atoms with Gasteiger partial charge in [-0.15, -0.1) is 0 Å². The van der Waals surface area contributed by atoms with Gasteiger partial charge in [0.1, 0.15) is 6.04 Å². The van der Waals surface area contributed by atoms with E-state index in [1.807, 2.05) is 11.8 Å². The molecule has 4 heteroatoms. The number of carbonyl (C=O) groups is 2. The van der Waals surface area contributed by atoms with Gasteiger partial charge in [0, 0.05) is 19.5 Å². The molecule has 3 fully saturated rings. The van der Waals surface area contributed by atoms with E-state index in [4.69, 9.17) is 0 Å². The van der Waals surface area contributed by atoms with E-state index >= 15 is 0 Å². The van der Waals surface area contributed by atoms with Crippen molar-refractivity contribution in [3.63, 3.8) is 0 Å². The molecule has 1 aliphatic heterocycles. The summed E-state index contributed by atoms with van der Waals surface area (Å²) in [5.74, 6) is 2.60. The summed E-state index contributed by atoms with van der Waals surface area (Å²) < 4.78 is 0. The summed E-state index contributed by atoms with van der Waals surface area (Å²) in [6, 6.07) is -0.298. The van der Waals surface area contributed by atoms with Gasteiger partial charge in [-0.1, -0.05) is 13.3 Å². The molecule has 0 spiro atoms. The van der Waals surface area contributed by atoms with Gasteiger partial charge in [-0.25, -0.2) is 0 Å². The Balaban J connectivity index is 1.65. The smallest absolute Gasteiger partial charge is 0.245 e. The van der Waals surface area contributed by atoms with Crippen LogP contribution in [0.1, 0.15) is 45.4 Å². The van der Waals surface area contributed by atoms with Crippen molar-refractivity contribution in [1.82, 2.24) is 10.2 Å². The average molecular weight is 264 g/mol. The summed E-state index contributed by atoms with van der Waals surface area (Å²) in [6.45, 7) is 3.45. The van der Waals surface area contributed by atoms with Gasteiger partial charge < -0.3 is 10.2 Å². The van der Waals surface area contributed by atoms with E-state index in [2.05, 4.69) is 5.32 Å². The van der Waals surface area contributed by atoms with Gasteiger partial charge >= 0.3 is 0 Å². The van der Waals surface area contributed by atoms with Gasteiger partial charge in [0.25, 0.3) is 0 Å². The Morgan fingerprint density at radius 3 is 2.74 bits per heavy atom.